The highest BCUT2D eigenvalue weighted by Crippen LogP contribution is 2.26. The van der Waals surface area contributed by atoms with Gasteiger partial charge in [0.2, 0.25) is 0 Å². The van der Waals surface area contributed by atoms with Crippen molar-refractivity contribution in [1.82, 2.24) is 9.71 Å². The lowest BCUT2D eigenvalue weighted by Gasteiger charge is -2.23. The molecule has 0 aromatic carbocycles. The van der Waals surface area contributed by atoms with Crippen LogP contribution in [0.15, 0.2) is 18.3 Å². The lowest BCUT2D eigenvalue weighted by atomic mass is 9.88. The molecule has 0 bridgehead atoms. The first-order valence-electron chi connectivity index (χ1n) is 7.09. The van der Waals surface area contributed by atoms with E-state index in [1.807, 2.05) is 18.1 Å². The van der Waals surface area contributed by atoms with Crippen LogP contribution in [0, 0.1) is 0 Å². The average Bonchev–Trinajstić information content (AvgIpc) is 2.84. The third-order valence-electron chi connectivity index (χ3n) is 3.52. The van der Waals surface area contributed by atoms with Crippen molar-refractivity contribution in [2.24, 2.45) is 0 Å². The molecule has 0 saturated carbocycles. The van der Waals surface area contributed by atoms with Crippen molar-refractivity contribution in [2.75, 3.05) is 23.7 Å². The molecule has 1 fully saturated rings. The predicted molar refractivity (Wildman–Crippen MR) is 84.8 cm³/mol. The molecule has 0 aliphatic carbocycles. The lowest BCUT2D eigenvalue weighted by Crippen LogP contribution is -2.29. The second-order valence-corrected chi connectivity index (χ2v) is 7.24. The van der Waals surface area contributed by atoms with Gasteiger partial charge in [-0.3, -0.25) is 4.72 Å². The minimum atomic E-state index is 0.188. The summed E-state index contributed by atoms with van der Waals surface area (Å²) in [7, 11) is 0. The second-order valence-electron chi connectivity index (χ2n) is 6.14. The first-order chi connectivity index (χ1) is 9.00. The van der Waals surface area contributed by atoms with Gasteiger partial charge < -0.3 is 4.90 Å². The third-order valence-corrected chi connectivity index (χ3v) is 4.31. The van der Waals surface area contributed by atoms with E-state index in [0.29, 0.717) is 6.04 Å². The van der Waals surface area contributed by atoms with Crippen LogP contribution in [0.25, 0.3) is 0 Å². The molecule has 0 amide bonds. The van der Waals surface area contributed by atoms with Crippen molar-refractivity contribution >= 4 is 17.8 Å². The van der Waals surface area contributed by atoms with Gasteiger partial charge in [-0.25, -0.2) is 4.98 Å². The van der Waals surface area contributed by atoms with Gasteiger partial charge in [-0.05, 0) is 29.5 Å². The zero-order chi connectivity index (χ0) is 13.9. The van der Waals surface area contributed by atoms with Gasteiger partial charge in [0.15, 0.2) is 0 Å². The SMILES string of the molecule is CCSNC1CCN(c2cc(C(C)(C)C)ccn2)C1. The Morgan fingerprint density at radius 3 is 2.95 bits per heavy atom. The zero-order valence-electron chi connectivity index (χ0n) is 12.4. The fraction of sp³-hybridized carbons (Fsp3) is 0.667. The van der Waals surface area contributed by atoms with Gasteiger partial charge in [0.25, 0.3) is 0 Å². The van der Waals surface area contributed by atoms with Crippen molar-refractivity contribution in [3.05, 3.63) is 23.9 Å². The van der Waals surface area contributed by atoms with E-state index in [4.69, 9.17) is 0 Å². The summed E-state index contributed by atoms with van der Waals surface area (Å²) in [5, 5.41) is 0. The molecule has 1 aliphatic heterocycles. The first-order valence-corrected chi connectivity index (χ1v) is 8.08. The molecule has 19 heavy (non-hydrogen) atoms. The molecule has 106 valence electrons. The maximum Gasteiger partial charge on any atom is 0.128 e. The molecule has 0 spiro atoms. The van der Waals surface area contributed by atoms with Crippen LogP contribution >= 0.6 is 11.9 Å². The molecule has 1 atom stereocenters. The molecule has 0 radical (unpaired) electrons. The molecule has 2 heterocycles. The summed E-state index contributed by atoms with van der Waals surface area (Å²) in [6.07, 6.45) is 3.14. The zero-order valence-corrected chi connectivity index (χ0v) is 13.3. The van der Waals surface area contributed by atoms with Crippen LogP contribution in [0.3, 0.4) is 0 Å². The van der Waals surface area contributed by atoms with Crippen LogP contribution in [0.1, 0.15) is 39.7 Å². The van der Waals surface area contributed by atoms with Crippen LogP contribution in [0.2, 0.25) is 0 Å². The topological polar surface area (TPSA) is 28.2 Å². The van der Waals surface area contributed by atoms with Crippen LogP contribution in [-0.4, -0.2) is 29.9 Å². The summed E-state index contributed by atoms with van der Waals surface area (Å²) in [4.78, 5) is 6.93. The summed E-state index contributed by atoms with van der Waals surface area (Å²) >= 11 is 1.81. The maximum atomic E-state index is 4.54. The number of pyridine rings is 1. The molecule has 1 N–H and O–H groups in total. The highest BCUT2D eigenvalue weighted by Gasteiger charge is 2.24. The molecule has 1 aromatic heterocycles. The minimum Gasteiger partial charge on any atom is -0.355 e. The predicted octanol–water partition coefficient (Wildman–Crippen LogP) is 3.22. The molecule has 1 saturated heterocycles. The third kappa shape index (κ3) is 3.86. The molecule has 4 heteroatoms. The molecule has 3 nitrogen and oxygen atoms in total. The quantitative estimate of drug-likeness (QED) is 0.857. The Hall–Kier alpha value is -0.740. The van der Waals surface area contributed by atoms with Crippen molar-refractivity contribution < 1.29 is 0 Å². The largest absolute Gasteiger partial charge is 0.355 e. The van der Waals surface area contributed by atoms with E-state index in [-0.39, 0.29) is 5.41 Å². The Bertz CT molecular complexity index is 414. The number of nitrogens with one attached hydrogen (secondary N) is 1. The Labute approximate surface area is 121 Å². The summed E-state index contributed by atoms with van der Waals surface area (Å²) < 4.78 is 3.52. The Morgan fingerprint density at radius 1 is 1.47 bits per heavy atom. The standard InChI is InChI=1S/C15H25N3S/c1-5-19-17-13-7-9-18(11-13)14-10-12(6-8-16-14)15(2,3)4/h6,8,10,13,17H,5,7,9,11H2,1-4H3. The Kier molecular flexibility index (Phi) is 4.74. The highest BCUT2D eigenvalue weighted by atomic mass is 32.2. The van der Waals surface area contributed by atoms with E-state index in [1.54, 1.807) is 0 Å². The van der Waals surface area contributed by atoms with Gasteiger partial charge in [0.05, 0.1) is 0 Å². The van der Waals surface area contributed by atoms with Crippen LogP contribution in [-0.2, 0) is 5.41 Å². The number of hydrogen-bond acceptors (Lipinski definition) is 4. The number of rotatable bonds is 4. The number of hydrogen-bond donors (Lipinski definition) is 1. The Balaban J connectivity index is 2.03. The van der Waals surface area contributed by atoms with E-state index in [2.05, 4.69) is 54.4 Å². The summed E-state index contributed by atoms with van der Waals surface area (Å²) in [5.41, 5.74) is 1.55. The molecule has 1 unspecified atom stereocenters. The van der Waals surface area contributed by atoms with Crippen LogP contribution < -0.4 is 9.62 Å². The normalized spacial score (nSPS) is 20.0. The van der Waals surface area contributed by atoms with E-state index >= 15 is 0 Å². The summed E-state index contributed by atoms with van der Waals surface area (Å²) in [6, 6.07) is 4.96. The maximum absolute atomic E-state index is 4.54. The molecule has 1 aliphatic rings. The van der Waals surface area contributed by atoms with Crippen molar-refractivity contribution in [2.45, 2.75) is 45.6 Å². The number of anilines is 1. The van der Waals surface area contributed by atoms with Gasteiger partial charge in [-0.1, -0.05) is 39.6 Å². The fourth-order valence-electron chi connectivity index (χ4n) is 2.32. The first kappa shape index (κ1) is 14.7. The van der Waals surface area contributed by atoms with Crippen molar-refractivity contribution in [3.8, 4) is 0 Å². The summed E-state index contributed by atoms with van der Waals surface area (Å²) in [5.74, 6) is 2.24. The van der Waals surface area contributed by atoms with E-state index in [9.17, 15) is 0 Å². The van der Waals surface area contributed by atoms with Crippen LogP contribution in [0.4, 0.5) is 5.82 Å². The van der Waals surface area contributed by atoms with Gasteiger partial charge in [-0.2, -0.15) is 0 Å². The van der Waals surface area contributed by atoms with Gasteiger partial charge in [-0.15, -0.1) is 0 Å². The molecule has 2 rings (SSSR count). The fourth-order valence-corrected chi connectivity index (χ4v) is 2.92. The van der Waals surface area contributed by atoms with E-state index in [0.717, 1.165) is 24.7 Å². The lowest BCUT2D eigenvalue weighted by molar-refractivity contribution is 0.589. The van der Waals surface area contributed by atoms with E-state index < -0.39 is 0 Å². The smallest absolute Gasteiger partial charge is 0.128 e. The van der Waals surface area contributed by atoms with E-state index in [1.165, 1.54) is 12.0 Å². The van der Waals surface area contributed by atoms with Crippen molar-refractivity contribution in [1.29, 1.82) is 0 Å². The van der Waals surface area contributed by atoms with Gasteiger partial charge in [0.1, 0.15) is 5.82 Å². The summed E-state index contributed by atoms with van der Waals surface area (Å²) in [6.45, 7) is 11.1. The second kappa shape index (κ2) is 6.14. The molecular weight excluding hydrogens is 254 g/mol. The minimum absolute atomic E-state index is 0.188. The monoisotopic (exact) mass is 279 g/mol. The molecule has 1 aromatic rings. The number of aromatic nitrogens is 1. The Morgan fingerprint density at radius 2 is 2.26 bits per heavy atom. The molecular formula is C15H25N3S. The van der Waals surface area contributed by atoms with Crippen LogP contribution in [0.5, 0.6) is 0 Å². The van der Waals surface area contributed by atoms with Gasteiger partial charge >= 0.3 is 0 Å². The van der Waals surface area contributed by atoms with Gasteiger partial charge in [0, 0.05) is 31.1 Å². The number of nitrogens with zero attached hydrogens (tertiary/aromatic N) is 2. The highest BCUT2D eigenvalue weighted by molar-refractivity contribution is 7.97. The average molecular weight is 279 g/mol. The van der Waals surface area contributed by atoms with Crippen molar-refractivity contribution in [3.63, 3.8) is 0 Å².